The fraction of sp³-hybridized carbons (Fsp3) is 0.0952. The Morgan fingerprint density at radius 1 is 1.00 bits per heavy atom. The Labute approximate surface area is 180 Å². The summed E-state index contributed by atoms with van der Waals surface area (Å²) in [6.45, 7) is 0.558. The molecule has 0 fully saturated rings. The summed E-state index contributed by atoms with van der Waals surface area (Å²) in [5.41, 5.74) is 1.51. The Kier molecular flexibility index (Phi) is 6.74. The van der Waals surface area contributed by atoms with Gasteiger partial charge in [-0.05, 0) is 59.7 Å². The first-order valence-corrected chi connectivity index (χ1v) is 10.2. The predicted molar refractivity (Wildman–Crippen MR) is 115 cm³/mol. The van der Waals surface area contributed by atoms with Crippen LogP contribution in [0.1, 0.15) is 10.4 Å². The Hall–Kier alpha value is -2.32. The lowest BCUT2D eigenvalue weighted by Crippen LogP contribution is -2.00. The molecule has 0 saturated heterocycles. The second kappa shape index (κ2) is 9.25. The first-order valence-electron chi connectivity index (χ1n) is 8.27. The van der Waals surface area contributed by atoms with Gasteiger partial charge in [-0.25, -0.2) is 9.18 Å². The first kappa shape index (κ1) is 20.4. The van der Waals surface area contributed by atoms with Gasteiger partial charge in [-0.1, -0.05) is 46.3 Å². The molecule has 0 spiro atoms. The molecule has 0 bridgehead atoms. The molecular weight excluding hydrogens is 498 g/mol. The van der Waals surface area contributed by atoms with Gasteiger partial charge in [0.05, 0.1) is 11.6 Å². The molecule has 0 aromatic heterocycles. The summed E-state index contributed by atoms with van der Waals surface area (Å²) in [6.07, 6.45) is 0. The topological polar surface area (TPSA) is 55.8 Å². The molecule has 0 radical (unpaired) electrons. The molecule has 3 aromatic rings. The number of halogens is 3. The highest BCUT2D eigenvalue weighted by molar-refractivity contribution is 14.1. The number of carbonyl (C=O) groups is 1. The molecule has 7 heteroatoms. The van der Waals surface area contributed by atoms with Gasteiger partial charge in [0.15, 0.2) is 0 Å². The highest BCUT2D eigenvalue weighted by Crippen LogP contribution is 2.34. The van der Waals surface area contributed by atoms with Gasteiger partial charge in [0, 0.05) is 4.43 Å². The third-order valence-electron chi connectivity index (χ3n) is 3.85. The third-order valence-corrected chi connectivity index (χ3v) is 4.59. The minimum absolute atomic E-state index is 0.00108. The van der Waals surface area contributed by atoms with Crippen LogP contribution >= 0.6 is 34.2 Å². The van der Waals surface area contributed by atoms with Crippen LogP contribution in [0.2, 0.25) is 5.02 Å². The van der Waals surface area contributed by atoms with Crippen molar-refractivity contribution in [3.8, 4) is 28.4 Å². The summed E-state index contributed by atoms with van der Waals surface area (Å²) in [7, 11) is 0. The standard InChI is InChI=1S/C21H15ClFIO4/c22-18-11-13(2-8-19(18)27-10-9-24)14-1-7-17(21(25)26)20(12-14)28-16-5-3-15(23)4-6-16/h1-8,11-12H,9-10H2,(H,25,26). The number of aromatic carboxylic acids is 1. The number of alkyl halides is 1. The molecule has 1 N–H and O–H groups in total. The van der Waals surface area contributed by atoms with Crippen LogP contribution in [0.25, 0.3) is 11.1 Å². The maximum absolute atomic E-state index is 13.1. The molecule has 0 aliphatic heterocycles. The average Bonchev–Trinajstić information content (AvgIpc) is 2.68. The maximum Gasteiger partial charge on any atom is 0.339 e. The molecule has 0 aliphatic carbocycles. The fourth-order valence-electron chi connectivity index (χ4n) is 2.54. The lowest BCUT2D eigenvalue weighted by atomic mass is 10.0. The molecule has 0 amide bonds. The van der Waals surface area contributed by atoms with E-state index in [1.165, 1.54) is 30.3 Å². The molecule has 0 heterocycles. The fourth-order valence-corrected chi connectivity index (χ4v) is 2.99. The van der Waals surface area contributed by atoms with E-state index in [9.17, 15) is 14.3 Å². The lowest BCUT2D eigenvalue weighted by molar-refractivity contribution is 0.0694. The van der Waals surface area contributed by atoms with Crippen LogP contribution in [0.15, 0.2) is 60.7 Å². The van der Waals surface area contributed by atoms with E-state index in [0.29, 0.717) is 23.1 Å². The van der Waals surface area contributed by atoms with Crippen molar-refractivity contribution in [3.63, 3.8) is 0 Å². The summed E-state index contributed by atoms with van der Waals surface area (Å²) in [5.74, 6) is -0.449. The van der Waals surface area contributed by atoms with Crippen LogP contribution in [-0.2, 0) is 0 Å². The summed E-state index contributed by atoms with van der Waals surface area (Å²) in [5, 5.41) is 9.90. The molecule has 144 valence electrons. The van der Waals surface area contributed by atoms with Crippen molar-refractivity contribution in [2.75, 3.05) is 11.0 Å². The van der Waals surface area contributed by atoms with Crippen LogP contribution in [0.5, 0.6) is 17.2 Å². The Balaban J connectivity index is 1.95. The number of rotatable bonds is 7. The molecule has 28 heavy (non-hydrogen) atoms. The van der Waals surface area contributed by atoms with E-state index >= 15 is 0 Å². The van der Waals surface area contributed by atoms with Gasteiger partial charge in [-0.15, -0.1) is 0 Å². The van der Waals surface area contributed by atoms with Crippen LogP contribution in [-0.4, -0.2) is 22.1 Å². The van der Waals surface area contributed by atoms with E-state index in [-0.39, 0.29) is 11.3 Å². The van der Waals surface area contributed by atoms with Crippen LogP contribution in [0.4, 0.5) is 4.39 Å². The second-order valence-corrected chi connectivity index (χ2v) is 7.24. The van der Waals surface area contributed by atoms with Gasteiger partial charge < -0.3 is 14.6 Å². The average molecular weight is 513 g/mol. The quantitative estimate of drug-likeness (QED) is 0.292. The molecule has 3 rings (SSSR count). The summed E-state index contributed by atoms with van der Waals surface area (Å²) >= 11 is 8.51. The van der Waals surface area contributed by atoms with E-state index in [1.807, 2.05) is 6.07 Å². The Morgan fingerprint density at radius 2 is 1.68 bits per heavy atom. The van der Waals surface area contributed by atoms with Crippen molar-refractivity contribution in [3.05, 3.63) is 77.1 Å². The van der Waals surface area contributed by atoms with E-state index in [2.05, 4.69) is 22.6 Å². The van der Waals surface area contributed by atoms with Gasteiger partial charge in [0.2, 0.25) is 0 Å². The molecular formula is C21H15ClFIO4. The lowest BCUT2D eigenvalue weighted by Gasteiger charge is -2.12. The number of carboxylic acid groups (broad SMARTS) is 1. The summed E-state index contributed by atoms with van der Waals surface area (Å²) in [4.78, 5) is 11.5. The van der Waals surface area contributed by atoms with Crippen molar-refractivity contribution >= 4 is 40.2 Å². The van der Waals surface area contributed by atoms with Gasteiger partial charge >= 0.3 is 5.97 Å². The van der Waals surface area contributed by atoms with E-state index in [4.69, 9.17) is 21.1 Å². The molecule has 4 nitrogen and oxygen atoms in total. The number of ether oxygens (including phenoxy) is 2. The van der Waals surface area contributed by atoms with Crippen molar-refractivity contribution < 1.29 is 23.8 Å². The smallest absolute Gasteiger partial charge is 0.339 e. The van der Waals surface area contributed by atoms with Crippen LogP contribution in [0, 0.1) is 5.82 Å². The zero-order valence-electron chi connectivity index (χ0n) is 14.5. The number of hydrogen-bond donors (Lipinski definition) is 1. The van der Waals surface area contributed by atoms with Gasteiger partial charge in [-0.2, -0.15) is 0 Å². The van der Waals surface area contributed by atoms with E-state index < -0.39 is 11.8 Å². The summed E-state index contributed by atoms with van der Waals surface area (Å²) < 4.78 is 25.2. The maximum atomic E-state index is 13.1. The second-order valence-electron chi connectivity index (χ2n) is 5.75. The Morgan fingerprint density at radius 3 is 2.32 bits per heavy atom. The van der Waals surface area contributed by atoms with Crippen LogP contribution < -0.4 is 9.47 Å². The monoisotopic (exact) mass is 512 g/mol. The number of benzene rings is 3. The molecule has 3 aromatic carbocycles. The molecule has 0 saturated carbocycles. The number of hydrogen-bond acceptors (Lipinski definition) is 3. The molecule has 0 aliphatic rings. The van der Waals surface area contributed by atoms with Gasteiger partial charge in [0.25, 0.3) is 0 Å². The largest absolute Gasteiger partial charge is 0.491 e. The Bertz CT molecular complexity index is 992. The zero-order valence-corrected chi connectivity index (χ0v) is 17.4. The van der Waals surface area contributed by atoms with Crippen molar-refractivity contribution in [2.24, 2.45) is 0 Å². The third kappa shape index (κ3) is 4.94. The molecule has 0 unspecified atom stereocenters. The van der Waals surface area contributed by atoms with Crippen molar-refractivity contribution in [1.82, 2.24) is 0 Å². The van der Waals surface area contributed by atoms with Gasteiger partial charge in [0.1, 0.15) is 28.6 Å². The number of carboxylic acids is 1. The zero-order chi connectivity index (χ0) is 20.1. The normalized spacial score (nSPS) is 10.5. The van der Waals surface area contributed by atoms with Crippen molar-refractivity contribution in [1.29, 1.82) is 0 Å². The minimum Gasteiger partial charge on any atom is -0.491 e. The van der Waals surface area contributed by atoms with E-state index in [0.717, 1.165) is 15.6 Å². The highest BCUT2D eigenvalue weighted by atomic mass is 127. The SMILES string of the molecule is O=C(O)c1ccc(-c2ccc(OCCI)c(Cl)c2)cc1Oc1ccc(F)cc1. The first-order chi connectivity index (χ1) is 13.5. The van der Waals surface area contributed by atoms with Crippen LogP contribution in [0.3, 0.4) is 0 Å². The van der Waals surface area contributed by atoms with Crippen molar-refractivity contribution in [2.45, 2.75) is 0 Å². The van der Waals surface area contributed by atoms with Gasteiger partial charge in [-0.3, -0.25) is 0 Å². The molecule has 0 atom stereocenters. The van der Waals surface area contributed by atoms with E-state index in [1.54, 1.807) is 24.3 Å². The summed E-state index contributed by atoms with van der Waals surface area (Å²) in [6, 6.07) is 15.5. The minimum atomic E-state index is -1.12. The highest BCUT2D eigenvalue weighted by Gasteiger charge is 2.15. The predicted octanol–water partition coefficient (Wildman–Crippen LogP) is 6.45.